The number of amides is 1. The van der Waals surface area contributed by atoms with Crippen LogP contribution in [-0.2, 0) is 17.6 Å². The molecule has 1 heterocycles. The van der Waals surface area contributed by atoms with Crippen molar-refractivity contribution in [3.05, 3.63) is 86.7 Å². The maximum atomic E-state index is 13.8. The number of aryl methyl sites for hydroxylation is 2. The summed E-state index contributed by atoms with van der Waals surface area (Å²) in [4.78, 5) is 21.0. The molecule has 0 spiro atoms. The van der Waals surface area contributed by atoms with Crippen LogP contribution in [0.5, 0.6) is 11.5 Å². The number of rotatable bonds is 7. The van der Waals surface area contributed by atoms with E-state index in [0.29, 0.717) is 26.9 Å². The van der Waals surface area contributed by atoms with Gasteiger partial charge in [-0.05, 0) is 94.5 Å². The highest BCUT2D eigenvalue weighted by Crippen LogP contribution is 2.41. The second-order valence-corrected chi connectivity index (χ2v) is 9.76. The lowest BCUT2D eigenvalue weighted by Crippen LogP contribution is -2.29. The van der Waals surface area contributed by atoms with E-state index in [4.69, 9.17) is 9.73 Å². The molecule has 0 atom stereocenters. The third-order valence-electron chi connectivity index (χ3n) is 5.66. The fourth-order valence-electron chi connectivity index (χ4n) is 3.91. The largest absolute Gasteiger partial charge is 0.503 e. The third kappa shape index (κ3) is 5.31. The number of benzene rings is 3. The van der Waals surface area contributed by atoms with Crippen LogP contribution in [0, 0.1) is 0 Å². The van der Waals surface area contributed by atoms with Crippen molar-refractivity contribution >= 4 is 56.2 Å². The number of phenols is 1. The zero-order chi connectivity index (χ0) is 24.9. The molecule has 4 rings (SSSR count). The molecule has 3 aromatic rings. The third-order valence-corrected chi connectivity index (χ3v) is 7.23. The van der Waals surface area contributed by atoms with Crippen LogP contribution in [0.25, 0.3) is 6.08 Å². The Hall–Kier alpha value is -3.03. The predicted molar refractivity (Wildman–Crippen MR) is 149 cm³/mol. The number of phenolic OH excluding ortho intramolecular Hbond substituents is 1. The molecule has 7 heteroatoms. The first-order valence-electron chi connectivity index (χ1n) is 11.6. The van der Waals surface area contributed by atoms with Crippen LogP contribution in [0.15, 0.2) is 75.0 Å². The van der Waals surface area contributed by atoms with Gasteiger partial charge in [-0.1, -0.05) is 50.2 Å². The van der Waals surface area contributed by atoms with Gasteiger partial charge in [0.1, 0.15) is 0 Å². The highest BCUT2D eigenvalue weighted by atomic mass is 79.9. The second kappa shape index (κ2) is 11.1. The number of hydrogen-bond donors (Lipinski definition) is 1. The summed E-state index contributed by atoms with van der Waals surface area (Å²) in [6.45, 7) is 6.45. The van der Waals surface area contributed by atoms with Gasteiger partial charge in [0.2, 0.25) is 0 Å². The minimum absolute atomic E-state index is 0.0383. The van der Waals surface area contributed by atoms with Gasteiger partial charge in [-0.25, -0.2) is 4.99 Å². The van der Waals surface area contributed by atoms with Crippen molar-refractivity contribution < 1.29 is 14.6 Å². The molecule has 1 N–H and O–H groups in total. The first-order valence-corrected chi connectivity index (χ1v) is 13.2. The van der Waals surface area contributed by atoms with Gasteiger partial charge in [0.25, 0.3) is 5.91 Å². The molecular weight excluding hydrogens is 524 g/mol. The number of amidine groups is 1. The number of ether oxygens (including phenoxy) is 1. The van der Waals surface area contributed by atoms with Crippen molar-refractivity contribution in [2.75, 3.05) is 11.5 Å². The monoisotopic (exact) mass is 550 g/mol. The van der Waals surface area contributed by atoms with Crippen LogP contribution >= 0.6 is 27.7 Å². The molecule has 0 radical (unpaired) electrons. The summed E-state index contributed by atoms with van der Waals surface area (Å²) < 4.78 is 6.07. The van der Waals surface area contributed by atoms with E-state index in [9.17, 15) is 9.90 Å². The van der Waals surface area contributed by atoms with Gasteiger partial charge in [-0.2, -0.15) is 0 Å². The molecule has 3 aromatic carbocycles. The summed E-state index contributed by atoms with van der Waals surface area (Å²) in [7, 11) is 0. The normalized spacial score (nSPS) is 15.9. The van der Waals surface area contributed by atoms with Gasteiger partial charge in [-0.3, -0.25) is 9.69 Å². The zero-order valence-electron chi connectivity index (χ0n) is 19.9. The maximum absolute atomic E-state index is 13.8. The molecule has 0 aliphatic carbocycles. The Balaban J connectivity index is 1.84. The minimum Gasteiger partial charge on any atom is -0.503 e. The molecule has 1 saturated heterocycles. The van der Waals surface area contributed by atoms with E-state index < -0.39 is 0 Å². The van der Waals surface area contributed by atoms with Gasteiger partial charge in [-0.15, -0.1) is 0 Å². The van der Waals surface area contributed by atoms with E-state index in [1.807, 2.05) is 55.5 Å². The summed E-state index contributed by atoms with van der Waals surface area (Å²) >= 11 is 4.73. The van der Waals surface area contributed by atoms with Gasteiger partial charge in [0.15, 0.2) is 16.7 Å². The van der Waals surface area contributed by atoms with E-state index in [0.717, 1.165) is 40.9 Å². The van der Waals surface area contributed by atoms with E-state index in [1.165, 1.54) is 11.8 Å². The highest BCUT2D eigenvalue weighted by molar-refractivity contribution is 9.10. The summed E-state index contributed by atoms with van der Waals surface area (Å²) in [6, 6.07) is 19.4. The number of halogens is 1. The van der Waals surface area contributed by atoms with Gasteiger partial charge in [0.05, 0.1) is 27.4 Å². The quantitative estimate of drug-likeness (QED) is 0.309. The highest BCUT2D eigenvalue weighted by Gasteiger charge is 2.36. The topological polar surface area (TPSA) is 62.1 Å². The molecule has 1 aliphatic heterocycles. The van der Waals surface area contributed by atoms with Crippen molar-refractivity contribution in [2.24, 2.45) is 4.99 Å². The fraction of sp³-hybridized carbons (Fsp3) is 0.214. The summed E-state index contributed by atoms with van der Waals surface area (Å²) in [6.07, 6.45) is 3.46. The number of para-hydroxylation sites is 2. The first-order chi connectivity index (χ1) is 17.0. The Kier molecular flexibility index (Phi) is 7.98. The summed E-state index contributed by atoms with van der Waals surface area (Å²) in [5.74, 6) is 0.269. The van der Waals surface area contributed by atoms with Crippen LogP contribution in [0.3, 0.4) is 0 Å². The fourth-order valence-corrected chi connectivity index (χ4v) is 5.35. The molecular formula is C28H27BrN2O3S. The Labute approximate surface area is 218 Å². The molecule has 0 bridgehead atoms. The van der Waals surface area contributed by atoms with Crippen LogP contribution < -0.4 is 9.64 Å². The number of aliphatic imine (C=N–C) groups is 1. The molecule has 0 saturated carbocycles. The molecule has 0 unspecified atom stereocenters. The lowest BCUT2D eigenvalue weighted by molar-refractivity contribution is -0.113. The standard InChI is InChI=1S/C28H27BrN2O3S/c1-4-19-11-7-9-13-22(19)30-28-31(23-14-10-8-12-20(23)5-2)27(33)25(35-28)17-18-15-21(29)26(32)24(16-18)34-6-3/h7-17,32H,4-6H2,1-3H3. The van der Waals surface area contributed by atoms with E-state index in [2.05, 4.69) is 35.8 Å². The lowest BCUT2D eigenvalue weighted by atomic mass is 10.1. The number of thioether (sulfide) groups is 1. The van der Waals surface area contributed by atoms with E-state index in [-0.39, 0.29) is 11.7 Å². The predicted octanol–water partition coefficient (Wildman–Crippen LogP) is 7.49. The smallest absolute Gasteiger partial charge is 0.271 e. The Morgan fingerprint density at radius 1 is 1.03 bits per heavy atom. The number of hydrogen-bond acceptors (Lipinski definition) is 5. The number of carbonyl (C=O) groups excluding carboxylic acids is 1. The molecule has 1 fully saturated rings. The molecule has 5 nitrogen and oxygen atoms in total. The average molecular weight is 552 g/mol. The van der Waals surface area contributed by atoms with Gasteiger partial charge >= 0.3 is 0 Å². The Morgan fingerprint density at radius 3 is 2.43 bits per heavy atom. The molecule has 180 valence electrons. The zero-order valence-corrected chi connectivity index (χ0v) is 22.3. The number of nitrogens with zero attached hydrogens (tertiary/aromatic N) is 2. The Morgan fingerprint density at radius 2 is 1.71 bits per heavy atom. The summed E-state index contributed by atoms with van der Waals surface area (Å²) in [5.41, 5.74) is 4.64. The van der Waals surface area contributed by atoms with Crippen molar-refractivity contribution in [3.8, 4) is 11.5 Å². The van der Waals surface area contributed by atoms with Gasteiger partial charge in [0, 0.05) is 0 Å². The SMILES string of the molecule is CCOc1cc(C=C2SC(=Nc3ccccc3CC)N(c3ccccc3CC)C2=O)cc(Br)c1O. The van der Waals surface area contributed by atoms with E-state index in [1.54, 1.807) is 17.0 Å². The van der Waals surface area contributed by atoms with Crippen molar-refractivity contribution in [1.29, 1.82) is 0 Å². The van der Waals surface area contributed by atoms with Crippen LogP contribution in [0.4, 0.5) is 11.4 Å². The average Bonchev–Trinajstić information content (AvgIpc) is 3.16. The molecule has 0 aromatic heterocycles. The number of aromatic hydroxyl groups is 1. The number of carbonyl (C=O) groups is 1. The first kappa shape index (κ1) is 25.1. The molecule has 1 aliphatic rings. The summed E-state index contributed by atoms with van der Waals surface area (Å²) in [5, 5.41) is 10.9. The number of anilines is 1. The van der Waals surface area contributed by atoms with Crippen molar-refractivity contribution in [1.82, 2.24) is 0 Å². The maximum Gasteiger partial charge on any atom is 0.271 e. The lowest BCUT2D eigenvalue weighted by Gasteiger charge is -2.19. The van der Waals surface area contributed by atoms with Crippen molar-refractivity contribution in [2.45, 2.75) is 33.6 Å². The van der Waals surface area contributed by atoms with E-state index >= 15 is 0 Å². The second-order valence-electron chi connectivity index (χ2n) is 7.89. The Bertz CT molecular complexity index is 1320. The minimum atomic E-state index is -0.134. The van der Waals surface area contributed by atoms with Crippen LogP contribution in [0.2, 0.25) is 0 Å². The van der Waals surface area contributed by atoms with Crippen LogP contribution in [-0.4, -0.2) is 22.8 Å². The molecule has 35 heavy (non-hydrogen) atoms. The molecule has 1 amide bonds. The van der Waals surface area contributed by atoms with Crippen molar-refractivity contribution in [3.63, 3.8) is 0 Å². The van der Waals surface area contributed by atoms with Gasteiger partial charge < -0.3 is 9.84 Å². The van der Waals surface area contributed by atoms with Crippen LogP contribution in [0.1, 0.15) is 37.5 Å².